The van der Waals surface area contributed by atoms with Crippen LogP contribution in [0.5, 0.6) is 11.5 Å². The number of phenolic OH excluding ortho intramolecular Hbond substituents is 1. The molecule has 0 unspecified atom stereocenters. The summed E-state index contributed by atoms with van der Waals surface area (Å²) in [6.07, 6.45) is 1.76. The SMILES string of the molecule is COc1cccc(/C=N/NC=O)c1O. The van der Waals surface area contributed by atoms with Crippen molar-refractivity contribution in [3.8, 4) is 11.5 Å². The van der Waals surface area contributed by atoms with Gasteiger partial charge in [0, 0.05) is 5.56 Å². The highest BCUT2D eigenvalue weighted by Crippen LogP contribution is 2.27. The number of hydrogen-bond donors (Lipinski definition) is 2. The van der Waals surface area contributed by atoms with Gasteiger partial charge in [-0.2, -0.15) is 5.10 Å². The molecule has 0 atom stereocenters. The van der Waals surface area contributed by atoms with Crippen LogP contribution >= 0.6 is 0 Å². The molecule has 74 valence electrons. The number of amides is 1. The highest BCUT2D eigenvalue weighted by Gasteiger charge is 2.04. The van der Waals surface area contributed by atoms with Crippen molar-refractivity contribution in [3.63, 3.8) is 0 Å². The highest BCUT2D eigenvalue weighted by atomic mass is 16.5. The molecular formula is C9H10N2O3. The summed E-state index contributed by atoms with van der Waals surface area (Å²) in [5.74, 6) is 0.353. The molecule has 5 nitrogen and oxygen atoms in total. The molecule has 0 spiro atoms. The fourth-order valence-electron chi connectivity index (χ4n) is 0.945. The number of para-hydroxylation sites is 1. The van der Waals surface area contributed by atoms with Crippen molar-refractivity contribution < 1.29 is 14.6 Å². The van der Waals surface area contributed by atoms with Crippen molar-refractivity contribution in [2.24, 2.45) is 5.10 Å². The van der Waals surface area contributed by atoms with E-state index in [4.69, 9.17) is 4.74 Å². The zero-order chi connectivity index (χ0) is 10.4. The van der Waals surface area contributed by atoms with E-state index in [2.05, 4.69) is 10.5 Å². The molecule has 1 amide bonds. The zero-order valence-corrected chi connectivity index (χ0v) is 7.60. The van der Waals surface area contributed by atoms with E-state index in [0.29, 0.717) is 17.7 Å². The number of hydrazone groups is 1. The third-order valence-corrected chi connectivity index (χ3v) is 1.58. The van der Waals surface area contributed by atoms with E-state index in [1.165, 1.54) is 13.3 Å². The van der Waals surface area contributed by atoms with E-state index >= 15 is 0 Å². The molecule has 0 aliphatic carbocycles. The van der Waals surface area contributed by atoms with E-state index in [-0.39, 0.29) is 5.75 Å². The lowest BCUT2D eigenvalue weighted by atomic mass is 10.2. The second-order valence-electron chi connectivity index (χ2n) is 2.40. The number of nitrogens with zero attached hydrogens (tertiary/aromatic N) is 1. The molecule has 1 aromatic rings. The molecule has 0 bridgehead atoms. The summed E-state index contributed by atoms with van der Waals surface area (Å²) >= 11 is 0. The lowest BCUT2D eigenvalue weighted by Crippen LogP contribution is -2.00. The van der Waals surface area contributed by atoms with E-state index in [0.717, 1.165) is 0 Å². The fraction of sp³-hybridized carbons (Fsp3) is 0.111. The Morgan fingerprint density at radius 1 is 1.57 bits per heavy atom. The molecular weight excluding hydrogens is 184 g/mol. The first-order valence-corrected chi connectivity index (χ1v) is 3.87. The van der Waals surface area contributed by atoms with E-state index in [1.54, 1.807) is 18.2 Å². The molecule has 0 saturated heterocycles. The summed E-state index contributed by atoms with van der Waals surface area (Å²) in [6, 6.07) is 4.98. The molecule has 0 fully saturated rings. The Bertz CT molecular complexity index is 350. The number of hydrogen-bond acceptors (Lipinski definition) is 4. The van der Waals surface area contributed by atoms with Crippen LogP contribution in [0.1, 0.15) is 5.56 Å². The maximum Gasteiger partial charge on any atom is 0.227 e. The van der Waals surface area contributed by atoms with Gasteiger partial charge in [-0.05, 0) is 12.1 Å². The van der Waals surface area contributed by atoms with Gasteiger partial charge in [-0.3, -0.25) is 4.79 Å². The highest BCUT2D eigenvalue weighted by molar-refractivity contribution is 5.84. The van der Waals surface area contributed by atoms with Gasteiger partial charge < -0.3 is 9.84 Å². The minimum atomic E-state index is -0.00792. The Kier molecular flexibility index (Phi) is 3.49. The second kappa shape index (κ2) is 4.86. The quantitative estimate of drug-likeness (QED) is 0.416. The minimum absolute atomic E-state index is 0.00792. The van der Waals surface area contributed by atoms with Crippen LogP contribution in [-0.4, -0.2) is 24.8 Å². The molecule has 2 N–H and O–H groups in total. The van der Waals surface area contributed by atoms with Crippen molar-refractivity contribution in [2.75, 3.05) is 7.11 Å². The molecule has 0 aliphatic heterocycles. The number of rotatable bonds is 4. The van der Waals surface area contributed by atoms with Crippen molar-refractivity contribution in [2.45, 2.75) is 0 Å². The van der Waals surface area contributed by atoms with Crippen molar-refractivity contribution in [3.05, 3.63) is 23.8 Å². The van der Waals surface area contributed by atoms with Gasteiger partial charge in [0.05, 0.1) is 13.3 Å². The van der Waals surface area contributed by atoms with Crippen molar-refractivity contribution in [1.29, 1.82) is 0 Å². The summed E-state index contributed by atoms with van der Waals surface area (Å²) in [5.41, 5.74) is 2.57. The third kappa shape index (κ3) is 2.22. The van der Waals surface area contributed by atoms with E-state index in [9.17, 15) is 9.90 Å². The van der Waals surface area contributed by atoms with Gasteiger partial charge >= 0.3 is 0 Å². The topological polar surface area (TPSA) is 70.9 Å². The first-order valence-electron chi connectivity index (χ1n) is 3.87. The van der Waals surface area contributed by atoms with Crippen LogP contribution in [0.15, 0.2) is 23.3 Å². The lowest BCUT2D eigenvalue weighted by molar-refractivity contribution is -0.109. The summed E-state index contributed by atoms with van der Waals surface area (Å²) in [7, 11) is 1.46. The standard InChI is InChI=1S/C9H10N2O3/c1-14-8-4-2-3-7(9(8)13)5-10-11-6-12/h2-6,13H,1H3,(H,11,12)/b10-5+. The third-order valence-electron chi connectivity index (χ3n) is 1.58. The van der Waals surface area contributed by atoms with E-state index < -0.39 is 0 Å². The van der Waals surface area contributed by atoms with E-state index in [1.807, 2.05) is 0 Å². The Balaban J connectivity index is 2.91. The normalized spacial score (nSPS) is 10.1. The number of carbonyl (C=O) groups is 1. The van der Waals surface area contributed by atoms with Crippen molar-refractivity contribution >= 4 is 12.6 Å². The van der Waals surface area contributed by atoms with Crippen LogP contribution in [0.25, 0.3) is 0 Å². The summed E-state index contributed by atoms with van der Waals surface area (Å²) in [5, 5.41) is 13.1. The van der Waals surface area contributed by atoms with Crippen LogP contribution in [0.4, 0.5) is 0 Å². The van der Waals surface area contributed by atoms with Crippen LogP contribution in [-0.2, 0) is 4.79 Å². The summed E-state index contributed by atoms with van der Waals surface area (Å²) < 4.78 is 4.89. The largest absolute Gasteiger partial charge is 0.504 e. The van der Waals surface area contributed by atoms with Gasteiger partial charge in [-0.1, -0.05) is 6.07 Å². The van der Waals surface area contributed by atoms with Gasteiger partial charge in [0.2, 0.25) is 6.41 Å². The van der Waals surface area contributed by atoms with Crippen LogP contribution in [0, 0.1) is 0 Å². The fourth-order valence-corrected chi connectivity index (χ4v) is 0.945. The number of phenols is 1. The predicted molar refractivity (Wildman–Crippen MR) is 51.5 cm³/mol. The molecule has 0 heterocycles. The Hall–Kier alpha value is -2.04. The summed E-state index contributed by atoms with van der Waals surface area (Å²) in [6.45, 7) is 0. The molecule has 0 radical (unpaired) electrons. The average Bonchev–Trinajstić information content (AvgIpc) is 2.21. The average molecular weight is 194 g/mol. The van der Waals surface area contributed by atoms with Gasteiger partial charge in [-0.25, -0.2) is 5.43 Å². The number of benzene rings is 1. The van der Waals surface area contributed by atoms with Gasteiger partial charge in [0.1, 0.15) is 0 Å². The number of nitrogens with one attached hydrogen (secondary N) is 1. The Morgan fingerprint density at radius 2 is 2.36 bits per heavy atom. The molecule has 1 rings (SSSR count). The van der Waals surface area contributed by atoms with Crippen LogP contribution in [0.3, 0.4) is 0 Å². The molecule has 0 aliphatic rings. The van der Waals surface area contributed by atoms with Crippen LogP contribution < -0.4 is 10.2 Å². The molecule has 1 aromatic carbocycles. The maximum absolute atomic E-state index is 9.89. The zero-order valence-electron chi connectivity index (χ0n) is 7.60. The molecule has 0 aromatic heterocycles. The number of carbonyl (C=O) groups excluding carboxylic acids is 1. The summed E-state index contributed by atoms with van der Waals surface area (Å²) in [4.78, 5) is 9.89. The number of methoxy groups -OCH3 is 1. The predicted octanol–water partition coefficient (Wildman–Crippen LogP) is 0.481. The van der Waals surface area contributed by atoms with Gasteiger partial charge in [0.25, 0.3) is 0 Å². The molecule has 14 heavy (non-hydrogen) atoms. The van der Waals surface area contributed by atoms with Gasteiger partial charge in [-0.15, -0.1) is 0 Å². The Labute approximate surface area is 81.0 Å². The first-order chi connectivity index (χ1) is 6.79. The minimum Gasteiger partial charge on any atom is -0.504 e. The van der Waals surface area contributed by atoms with Crippen LogP contribution in [0.2, 0.25) is 0 Å². The molecule has 0 saturated carbocycles. The molecule has 5 heteroatoms. The monoisotopic (exact) mass is 194 g/mol. The second-order valence-corrected chi connectivity index (χ2v) is 2.40. The van der Waals surface area contributed by atoms with Crippen molar-refractivity contribution in [1.82, 2.24) is 5.43 Å². The van der Waals surface area contributed by atoms with Gasteiger partial charge in [0.15, 0.2) is 11.5 Å². The lowest BCUT2D eigenvalue weighted by Gasteiger charge is -2.04. The number of ether oxygens (including phenoxy) is 1. The maximum atomic E-state index is 9.89. The Morgan fingerprint density at radius 3 is 3.00 bits per heavy atom. The smallest absolute Gasteiger partial charge is 0.227 e. The first kappa shape index (κ1) is 10.0. The number of aromatic hydroxyl groups is 1.